The van der Waals surface area contributed by atoms with Gasteiger partial charge in [-0.3, -0.25) is 9.59 Å². The van der Waals surface area contributed by atoms with Crippen molar-refractivity contribution in [3.63, 3.8) is 0 Å². The normalized spacial score (nSPS) is 29.4. The zero-order chi connectivity index (χ0) is 17.5. The summed E-state index contributed by atoms with van der Waals surface area (Å²) < 4.78 is -0.108. The summed E-state index contributed by atoms with van der Waals surface area (Å²) in [6.07, 6.45) is 4.03. The fraction of sp³-hybridized carbons (Fsp3) is 0.643. The fourth-order valence-electron chi connectivity index (χ4n) is 3.05. The van der Waals surface area contributed by atoms with Crippen LogP contribution in [0.2, 0.25) is 0 Å². The lowest BCUT2D eigenvalue weighted by molar-refractivity contribution is -0.159. The van der Waals surface area contributed by atoms with Crippen molar-refractivity contribution in [3.05, 3.63) is 18.0 Å². The molecule has 0 spiro atoms. The molecule has 130 valence electrons. The molecule has 9 nitrogen and oxygen atoms in total. The average molecular weight is 351 g/mol. The van der Waals surface area contributed by atoms with Crippen LogP contribution in [0.25, 0.3) is 0 Å². The number of allylic oxidation sites excluding steroid dienone is 1. The van der Waals surface area contributed by atoms with Crippen molar-refractivity contribution in [1.82, 2.24) is 30.8 Å². The van der Waals surface area contributed by atoms with E-state index in [4.69, 9.17) is 5.73 Å². The SMILES string of the molecule is CC=CCC(N)C(=O)NC1(c2nn[nH]n2)C(=O)N2CC(C)(C)S[C@H]21. The molecular weight excluding hydrogens is 330 g/mol. The number of aromatic nitrogens is 4. The number of H-pyrrole nitrogens is 1. The van der Waals surface area contributed by atoms with Gasteiger partial charge in [0.2, 0.25) is 17.3 Å². The lowest BCUT2D eigenvalue weighted by Crippen LogP contribution is -2.76. The molecule has 2 aliphatic rings. The van der Waals surface area contributed by atoms with Crippen LogP contribution in [0.5, 0.6) is 0 Å². The smallest absolute Gasteiger partial charge is 0.260 e. The first-order chi connectivity index (χ1) is 11.3. The zero-order valence-corrected chi connectivity index (χ0v) is 14.6. The first-order valence-electron chi connectivity index (χ1n) is 7.73. The summed E-state index contributed by atoms with van der Waals surface area (Å²) in [6, 6.07) is -0.744. The highest BCUT2D eigenvalue weighted by Crippen LogP contribution is 2.54. The van der Waals surface area contributed by atoms with Gasteiger partial charge in [-0.2, -0.15) is 5.21 Å². The summed E-state index contributed by atoms with van der Waals surface area (Å²) in [7, 11) is 0. The van der Waals surface area contributed by atoms with E-state index in [0.29, 0.717) is 13.0 Å². The van der Waals surface area contributed by atoms with Crippen LogP contribution >= 0.6 is 11.8 Å². The van der Waals surface area contributed by atoms with Gasteiger partial charge in [-0.1, -0.05) is 17.4 Å². The number of carbonyl (C=O) groups excluding carboxylic acids is 2. The van der Waals surface area contributed by atoms with Crippen molar-refractivity contribution in [2.24, 2.45) is 5.73 Å². The Morgan fingerprint density at radius 1 is 1.62 bits per heavy atom. The Morgan fingerprint density at radius 3 is 3.00 bits per heavy atom. The lowest BCUT2D eigenvalue weighted by atomic mass is 9.85. The summed E-state index contributed by atoms with van der Waals surface area (Å²) >= 11 is 1.61. The van der Waals surface area contributed by atoms with Crippen LogP contribution in [-0.2, 0) is 15.1 Å². The predicted octanol–water partition coefficient (Wildman–Crippen LogP) is -0.502. The first-order valence-corrected chi connectivity index (χ1v) is 8.61. The molecule has 2 aliphatic heterocycles. The summed E-state index contributed by atoms with van der Waals surface area (Å²) in [4.78, 5) is 27.1. The van der Waals surface area contributed by atoms with Gasteiger partial charge >= 0.3 is 0 Å². The standard InChI is InChI=1S/C14H21N7O2S/c1-4-5-6-8(15)9(22)16-14(10-17-19-20-18-10)11(23)21-7-13(2,3)24-12(14)21/h4-5,8,12H,6-7,15H2,1-3H3,(H,16,22)(H,17,18,19,20)/t8?,12-,14?/m0/s1. The molecule has 4 N–H and O–H groups in total. The summed E-state index contributed by atoms with van der Waals surface area (Å²) in [6.45, 7) is 6.59. The number of fused-ring (bicyclic) bond motifs is 1. The van der Waals surface area contributed by atoms with Crippen molar-refractivity contribution >= 4 is 23.6 Å². The second-order valence-electron chi connectivity index (χ2n) is 6.61. The van der Waals surface area contributed by atoms with E-state index in [2.05, 4.69) is 39.8 Å². The third kappa shape index (κ3) is 2.49. The highest BCUT2D eigenvalue weighted by Gasteiger charge is 2.70. The third-order valence-electron chi connectivity index (χ3n) is 4.21. The van der Waals surface area contributed by atoms with E-state index in [1.54, 1.807) is 16.7 Å². The Kier molecular flexibility index (Phi) is 4.12. The number of nitrogens with two attached hydrogens (primary N) is 1. The number of rotatable bonds is 5. The molecule has 0 aliphatic carbocycles. The Balaban J connectivity index is 1.89. The number of amides is 2. The number of aromatic amines is 1. The maximum Gasteiger partial charge on any atom is 0.260 e. The molecule has 3 atom stereocenters. The second kappa shape index (κ2) is 5.85. The minimum Gasteiger partial charge on any atom is -0.332 e. The van der Waals surface area contributed by atoms with Crippen molar-refractivity contribution in [1.29, 1.82) is 0 Å². The fourth-order valence-corrected chi connectivity index (χ4v) is 4.60. The largest absolute Gasteiger partial charge is 0.332 e. The van der Waals surface area contributed by atoms with Crippen LogP contribution in [0, 0.1) is 0 Å². The number of tetrazole rings is 1. The highest BCUT2D eigenvalue weighted by atomic mass is 32.2. The molecule has 2 fully saturated rings. The summed E-state index contributed by atoms with van der Waals surface area (Å²) in [5.74, 6) is -0.458. The van der Waals surface area contributed by atoms with Gasteiger partial charge in [0.1, 0.15) is 5.37 Å². The highest BCUT2D eigenvalue weighted by molar-refractivity contribution is 8.01. The van der Waals surface area contributed by atoms with Crippen LogP contribution in [0.3, 0.4) is 0 Å². The maximum atomic E-state index is 12.8. The quantitative estimate of drug-likeness (QED) is 0.481. The summed E-state index contributed by atoms with van der Waals surface area (Å²) in [5.41, 5.74) is 4.61. The van der Waals surface area contributed by atoms with Crippen molar-refractivity contribution in [2.75, 3.05) is 6.54 Å². The number of nitrogens with one attached hydrogen (secondary N) is 2. The number of nitrogens with zero attached hydrogens (tertiary/aromatic N) is 4. The van der Waals surface area contributed by atoms with E-state index in [0.717, 1.165) is 0 Å². The topological polar surface area (TPSA) is 130 Å². The van der Waals surface area contributed by atoms with Crippen LogP contribution in [0.4, 0.5) is 0 Å². The second-order valence-corrected chi connectivity index (χ2v) is 8.39. The molecule has 0 aromatic carbocycles. The monoisotopic (exact) mass is 351 g/mol. The van der Waals surface area contributed by atoms with E-state index in [1.807, 2.05) is 19.1 Å². The van der Waals surface area contributed by atoms with E-state index >= 15 is 0 Å². The van der Waals surface area contributed by atoms with Crippen molar-refractivity contribution < 1.29 is 9.59 Å². The lowest BCUT2D eigenvalue weighted by Gasteiger charge is -2.50. The zero-order valence-electron chi connectivity index (χ0n) is 13.8. The van der Waals surface area contributed by atoms with Crippen molar-refractivity contribution in [3.8, 4) is 0 Å². The molecule has 0 bridgehead atoms. The molecule has 1 aromatic heterocycles. The molecule has 2 saturated heterocycles. The van der Waals surface area contributed by atoms with Crippen molar-refractivity contribution in [2.45, 2.75) is 48.9 Å². The summed E-state index contributed by atoms with van der Waals surface area (Å²) in [5, 5.41) is 16.4. The molecule has 2 amide bonds. The molecule has 2 unspecified atom stereocenters. The Morgan fingerprint density at radius 2 is 2.38 bits per heavy atom. The molecule has 3 rings (SSSR count). The van der Waals surface area contributed by atoms with Crippen LogP contribution in [-0.4, -0.2) is 60.0 Å². The molecular formula is C14H21N7O2S. The van der Waals surface area contributed by atoms with Gasteiger partial charge in [0.05, 0.1) is 6.04 Å². The number of hydrogen-bond acceptors (Lipinski definition) is 7. The van der Waals surface area contributed by atoms with Crippen LogP contribution in [0.1, 0.15) is 33.0 Å². The van der Waals surface area contributed by atoms with Gasteiger partial charge in [-0.05, 0) is 27.2 Å². The molecule has 0 saturated carbocycles. The Labute approximate surface area is 143 Å². The minimum absolute atomic E-state index is 0.108. The molecule has 0 radical (unpaired) electrons. The minimum atomic E-state index is -1.31. The number of hydrogen-bond donors (Lipinski definition) is 3. The Bertz CT molecular complexity index is 675. The van der Waals surface area contributed by atoms with E-state index < -0.39 is 17.5 Å². The van der Waals surface area contributed by atoms with Gasteiger partial charge in [0, 0.05) is 11.3 Å². The van der Waals surface area contributed by atoms with Crippen LogP contribution in [0.15, 0.2) is 12.2 Å². The van der Waals surface area contributed by atoms with E-state index in [1.165, 1.54) is 0 Å². The van der Waals surface area contributed by atoms with Gasteiger partial charge in [0.15, 0.2) is 0 Å². The predicted molar refractivity (Wildman–Crippen MR) is 88.6 cm³/mol. The molecule has 3 heterocycles. The van der Waals surface area contributed by atoms with E-state index in [-0.39, 0.29) is 21.9 Å². The third-order valence-corrected chi connectivity index (χ3v) is 5.81. The van der Waals surface area contributed by atoms with Gasteiger partial charge < -0.3 is 16.0 Å². The van der Waals surface area contributed by atoms with Gasteiger partial charge in [-0.15, -0.1) is 22.0 Å². The molecule has 10 heteroatoms. The average Bonchev–Trinajstić information content (AvgIpc) is 3.16. The first kappa shape index (κ1) is 16.9. The van der Waals surface area contributed by atoms with Gasteiger partial charge in [-0.25, -0.2) is 0 Å². The molecule has 24 heavy (non-hydrogen) atoms. The molecule has 1 aromatic rings. The van der Waals surface area contributed by atoms with E-state index in [9.17, 15) is 9.59 Å². The van der Waals surface area contributed by atoms with Crippen LogP contribution < -0.4 is 11.1 Å². The number of thioether (sulfide) groups is 1. The van der Waals surface area contributed by atoms with Gasteiger partial charge in [0.25, 0.3) is 5.91 Å². The number of β-lactam (4-membered cyclic amide) rings is 1. The maximum absolute atomic E-state index is 12.8. The number of carbonyl (C=O) groups is 2. The Hall–Kier alpha value is -1.94.